The van der Waals surface area contributed by atoms with Gasteiger partial charge in [-0.15, -0.1) is 0 Å². The first kappa shape index (κ1) is 13.6. The van der Waals surface area contributed by atoms with E-state index in [-0.39, 0.29) is 11.7 Å². The van der Waals surface area contributed by atoms with Gasteiger partial charge in [0.2, 0.25) is 10.0 Å². The number of aryl methyl sites for hydroxylation is 1. The first-order chi connectivity index (χ1) is 8.98. The molecule has 19 heavy (non-hydrogen) atoms. The van der Waals surface area contributed by atoms with E-state index >= 15 is 0 Å². The topological polar surface area (TPSA) is 64.0 Å². The second kappa shape index (κ2) is 5.44. The van der Waals surface area contributed by atoms with Gasteiger partial charge in [-0.3, -0.25) is 9.40 Å². The highest BCUT2D eigenvalue weighted by molar-refractivity contribution is 7.92. The first-order valence-corrected chi connectivity index (χ1v) is 7.66. The summed E-state index contributed by atoms with van der Waals surface area (Å²) in [6.07, 6.45) is 1.55. The van der Waals surface area contributed by atoms with Gasteiger partial charge in [0.05, 0.1) is 11.9 Å². The molecule has 5 nitrogen and oxygen atoms in total. The quantitative estimate of drug-likeness (QED) is 0.910. The van der Waals surface area contributed by atoms with E-state index in [9.17, 15) is 8.42 Å². The molecule has 0 aliphatic rings. The molecule has 1 N–H and O–H groups in total. The highest BCUT2D eigenvalue weighted by Crippen LogP contribution is 2.18. The molecule has 102 valence electrons. The van der Waals surface area contributed by atoms with Crippen molar-refractivity contribution in [3.63, 3.8) is 0 Å². The number of anilines is 1. The lowest BCUT2D eigenvalue weighted by Crippen LogP contribution is -2.21. The molecule has 0 unspecified atom stereocenters. The van der Waals surface area contributed by atoms with E-state index in [1.807, 2.05) is 37.3 Å². The maximum absolute atomic E-state index is 12.1. The summed E-state index contributed by atoms with van der Waals surface area (Å²) < 4.78 is 28.2. The molecule has 6 heteroatoms. The fourth-order valence-electron chi connectivity index (χ4n) is 1.88. The second-order valence-corrected chi connectivity index (χ2v) is 6.30. The van der Waals surface area contributed by atoms with Gasteiger partial charge in [-0.25, -0.2) is 8.42 Å². The van der Waals surface area contributed by atoms with Crippen molar-refractivity contribution in [1.29, 1.82) is 0 Å². The highest BCUT2D eigenvalue weighted by Gasteiger charge is 2.18. The van der Waals surface area contributed by atoms with E-state index in [1.165, 1.54) is 4.68 Å². The Hall–Kier alpha value is -1.82. The van der Waals surface area contributed by atoms with Crippen molar-refractivity contribution in [2.75, 3.05) is 10.5 Å². The Kier molecular flexibility index (Phi) is 3.90. The normalized spacial score (nSPS) is 13.2. The number of nitrogens with zero attached hydrogens (tertiary/aromatic N) is 2. The van der Waals surface area contributed by atoms with Crippen molar-refractivity contribution in [2.24, 2.45) is 7.05 Å². The number of aromatic nitrogens is 2. The number of hydrogen-bond acceptors (Lipinski definition) is 3. The number of hydrogen-bond donors (Lipinski definition) is 1. The van der Waals surface area contributed by atoms with Crippen molar-refractivity contribution in [1.82, 2.24) is 9.78 Å². The highest BCUT2D eigenvalue weighted by atomic mass is 32.2. The summed E-state index contributed by atoms with van der Waals surface area (Å²) in [6.45, 7) is 1.90. The smallest absolute Gasteiger partial charge is 0.234 e. The molecule has 0 aliphatic heterocycles. The van der Waals surface area contributed by atoms with Gasteiger partial charge < -0.3 is 0 Å². The van der Waals surface area contributed by atoms with E-state index in [2.05, 4.69) is 9.82 Å². The third kappa shape index (κ3) is 3.57. The fourth-order valence-corrected chi connectivity index (χ4v) is 3.33. The molecule has 1 atom stereocenters. The summed E-state index contributed by atoms with van der Waals surface area (Å²) in [7, 11) is -1.69. The summed E-state index contributed by atoms with van der Waals surface area (Å²) in [6, 6.07) is 11.2. The molecule has 1 aromatic carbocycles. The van der Waals surface area contributed by atoms with Crippen LogP contribution in [0.2, 0.25) is 0 Å². The third-order valence-corrected chi connectivity index (χ3v) is 4.38. The van der Waals surface area contributed by atoms with Crippen LogP contribution in [0.3, 0.4) is 0 Å². The van der Waals surface area contributed by atoms with Crippen LogP contribution in [0.4, 0.5) is 5.82 Å². The molecule has 2 rings (SSSR count). The molecule has 1 aromatic heterocycles. The standard InChI is InChI=1S/C13H17N3O2S/c1-11(12-6-4-3-5-7-12)10-19(17,18)15-13-8-9-14-16(13)2/h3-9,11,15H,10H2,1-2H3/t11-/m0/s1. The zero-order valence-electron chi connectivity index (χ0n) is 10.9. The van der Waals surface area contributed by atoms with E-state index in [1.54, 1.807) is 19.3 Å². The van der Waals surface area contributed by atoms with Crippen LogP contribution in [0.5, 0.6) is 0 Å². The summed E-state index contributed by atoms with van der Waals surface area (Å²) in [4.78, 5) is 0. The molecule has 0 radical (unpaired) electrons. The maximum Gasteiger partial charge on any atom is 0.234 e. The van der Waals surface area contributed by atoms with Gasteiger partial charge in [0, 0.05) is 13.1 Å². The number of sulfonamides is 1. The molecule has 0 aliphatic carbocycles. The van der Waals surface area contributed by atoms with Gasteiger partial charge in [-0.05, 0) is 11.5 Å². The van der Waals surface area contributed by atoms with Crippen LogP contribution in [0.15, 0.2) is 42.6 Å². The van der Waals surface area contributed by atoms with Crippen molar-refractivity contribution in [2.45, 2.75) is 12.8 Å². The summed E-state index contributed by atoms with van der Waals surface area (Å²) in [5.74, 6) is 0.453. The Morgan fingerprint density at radius 1 is 1.26 bits per heavy atom. The van der Waals surface area contributed by atoms with E-state index < -0.39 is 10.0 Å². The van der Waals surface area contributed by atoms with Gasteiger partial charge in [-0.2, -0.15) is 5.10 Å². The molecule has 0 saturated heterocycles. The Labute approximate surface area is 113 Å². The minimum atomic E-state index is -3.39. The lowest BCUT2D eigenvalue weighted by atomic mass is 10.0. The minimum absolute atomic E-state index is 0.0438. The molecule has 0 fully saturated rings. The number of rotatable bonds is 5. The Balaban J connectivity index is 2.08. The average Bonchev–Trinajstić information content (AvgIpc) is 2.75. The molecular formula is C13H17N3O2S. The second-order valence-electron chi connectivity index (χ2n) is 4.54. The third-order valence-electron chi connectivity index (χ3n) is 2.92. The zero-order chi connectivity index (χ0) is 13.9. The fraction of sp³-hybridized carbons (Fsp3) is 0.308. The van der Waals surface area contributed by atoms with Crippen LogP contribution < -0.4 is 4.72 Å². The lowest BCUT2D eigenvalue weighted by molar-refractivity contribution is 0.595. The summed E-state index contributed by atoms with van der Waals surface area (Å²) >= 11 is 0. The summed E-state index contributed by atoms with van der Waals surface area (Å²) in [5, 5.41) is 3.93. The van der Waals surface area contributed by atoms with Crippen molar-refractivity contribution in [3.8, 4) is 0 Å². The van der Waals surface area contributed by atoms with E-state index in [4.69, 9.17) is 0 Å². The predicted molar refractivity (Wildman–Crippen MR) is 75.5 cm³/mol. The van der Waals surface area contributed by atoms with Crippen LogP contribution in [-0.2, 0) is 17.1 Å². The Bertz CT molecular complexity index is 635. The number of benzene rings is 1. The molecular weight excluding hydrogens is 262 g/mol. The lowest BCUT2D eigenvalue weighted by Gasteiger charge is -2.13. The predicted octanol–water partition coefficient (Wildman–Crippen LogP) is 1.97. The van der Waals surface area contributed by atoms with Gasteiger partial charge >= 0.3 is 0 Å². The molecule has 0 spiro atoms. The van der Waals surface area contributed by atoms with Crippen LogP contribution in [0.25, 0.3) is 0 Å². The largest absolute Gasteiger partial charge is 0.268 e. The summed E-state index contributed by atoms with van der Waals surface area (Å²) in [5.41, 5.74) is 1.01. The monoisotopic (exact) mass is 279 g/mol. The first-order valence-electron chi connectivity index (χ1n) is 6.01. The van der Waals surface area contributed by atoms with Gasteiger partial charge in [-0.1, -0.05) is 37.3 Å². The van der Waals surface area contributed by atoms with Crippen LogP contribution in [0, 0.1) is 0 Å². The zero-order valence-corrected chi connectivity index (χ0v) is 11.8. The van der Waals surface area contributed by atoms with Crippen molar-refractivity contribution < 1.29 is 8.42 Å². The Morgan fingerprint density at radius 2 is 1.95 bits per heavy atom. The van der Waals surface area contributed by atoms with E-state index in [0.29, 0.717) is 5.82 Å². The average molecular weight is 279 g/mol. The Morgan fingerprint density at radius 3 is 2.53 bits per heavy atom. The SMILES string of the molecule is C[C@@H](CS(=O)(=O)Nc1ccnn1C)c1ccccc1. The number of nitrogens with one attached hydrogen (secondary N) is 1. The maximum atomic E-state index is 12.1. The van der Waals surface area contributed by atoms with Gasteiger partial charge in [0.1, 0.15) is 5.82 Å². The molecule has 0 saturated carbocycles. The van der Waals surface area contributed by atoms with E-state index in [0.717, 1.165) is 5.56 Å². The van der Waals surface area contributed by atoms with Crippen LogP contribution in [-0.4, -0.2) is 24.0 Å². The molecule has 1 heterocycles. The van der Waals surface area contributed by atoms with Gasteiger partial charge in [0.15, 0.2) is 0 Å². The van der Waals surface area contributed by atoms with Crippen molar-refractivity contribution in [3.05, 3.63) is 48.2 Å². The molecule has 2 aromatic rings. The van der Waals surface area contributed by atoms with Gasteiger partial charge in [0.25, 0.3) is 0 Å². The molecule has 0 amide bonds. The van der Waals surface area contributed by atoms with Crippen LogP contribution >= 0.6 is 0 Å². The van der Waals surface area contributed by atoms with Crippen molar-refractivity contribution >= 4 is 15.8 Å². The molecule has 0 bridgehead atoms. The minimum Gasteiger partial charge on any atom is -0.268 e. The van der Waals surface area contributed by atoms with Crippen LogP contribution in [0.1, 0.15) is 18.4 Å².